The first-order valence-corrected chi connectivity index (χ1v) is 6.01. The third kappa shape index (κ3) is 2.78. The molecule has 3 nitrogen and oxygen atoms in total. The van der Waals surface area contributed by atoms with Crippen LogP contribution in [0.5, 0.6) is 0 Å². The maximum Gasteiger partial charge on any atom is 0.341 e. The summed E-state index contributed by atoms with van der Waals surface area (Å²) in [6.07, 6.45) is 3.75. The van der Waals surface area contributed by atoms with Gasteiger partial charge < -0.3 is 4.74 Å². The average Bonchev–Trinajstić information content (AvgIpc) is 2.40. The molecule has 1 aromatic carbocycles. The topological polar surface area (TPSA) is 43.4 Å². The summed E-state index contributed by atoms with van der Waals surface area (Å²) in [6.45, 7) is 1.90. The molecule has 0 amide bonds. The van der Waals surface area contributed by atoms with Crippen molar-refractivity contribution in [1.82, 2.24) is 0 Å². The zero-order valence-corrected chi connectivity index (χ0v) is 10.5. The molecule has 1 aliphatic rings. The third-order valence-corrected chi connectivity index (χ3v) is 2.78. The largest absolute Gasteiger partial charge is 0.462 e. The van der Waals surface area contributed by atoms with Crippen molar-refractivity contribution in [2.45, 2.75) is 13.3 Å². The van der Waals surface area contributed by atoms with Crippen molar-refractivity contribution in [2.24, 2.45) is 0 Å². The minimum atomic E-state index is -0.611. The molecule has 0 atom stereocenters. The highest BCUT2D eigenvalue weighted by Gasteiger charge is 2.25. The molecule has 1 aliphatic carbocycles. The van der Waals surface area contributed by atoms with Gasteiger partial charge in [-0.15, -0.1) is 0 Å². The smallest absolute Gasteiger partial charge is 0.341 e. The van der Waals surface area contributed by atoms with Gasteiger partial charge in [-0.1, -0.05) is 24.3 Å². The minimum absolute atomic E-state index is 0.0451. The van der Waals surface area contributed by atoms with Gasteiger partial charge in [-0.05, 0) is 31.0 Å². The molecule has 0 aliphatic heterocycles. The lowest BCUT2D eigenvalue weighted by Gasteiger charge is -2.13. The number of esters is 1. The molecule has 0 N–H and O–H groups in total. The standard InChI is InChI=1S/C15H13FO3/c1-2-19-15(18)13-5-3-4-12(14(13)17)10-6-8-11(16)9-7-10/h4-9H,2-3H2,1H3. The van der Waals surface area contributed by atoms with E-state index in [-0.39, 0.29) is 23.8 Å². The zero-order chi connectivity index (χ0) is 13.8. The SMILES string of the molecule is CCOC(=O)C1=CCC=C(c2ccc(F)cc2)C1=O. The molecule has 2 rings (SSSR count). The van der Waals surface area contributed by atoms with E-state index in [0.717, 1.165) is 0 Å². The molecular weight excluding hydrogens is 247 g/mol. The van der Waals surface area contributed by atoms with E-state index >= 15 is 0 Å². The molecule has 4 heteroatoms. The summed E-state index contributed by atoms with van der Waals surface area (Å²) in [5.41, 5.74) is 1.05. The Balaban J connectivity index is 2.25. The fourth-order valence-electron chi connectivity index (χ4n) is 1.89. The highest BCUT2D eigenvalue weighted by molar-refractivity contribution is 6.37. The van der Waals surface area contributed by atoms with Crippen LogP contribution in [0.1, 0.15) is 18.9 Å². The maximum absolute atomic E-state index is 12.9. The summed E-state index contributed by atoms with van der Waals surface area (Å²) in [7, 11) is 0. The van der Waals surface area contributed by atoms with Crippen molar-refractivity contribution in [3.05, 3.63) is 53.4 Å². The van der Waals surface area contributed by atoms with Crippen LogP contribution in [0.25, 0.3) is 5.57 Å². The Kier molecular flexibility index (Phi) is 3.90. The van der Waals surface area contributed by atoms with Gasteiger partial charge in [-0.2, -0.15) is 0 Å². The van der Waals surface area contributed by atoms with Gasteiger partial charge in [0.1, 0.15) is 11.4 Å². The number of benzene rings is 1. The molecule has 19 heavy (non-hydrogen) atoms. The molecule has 0 saturated heterocycles. The van der Waals surface area contributed by atoms with Crippen LogP contribution in [0.15, 0.2) is 42.0 Å². The van der Waals surface area contributed by atoms with E-state index in [9.17, 15) is 14.0 Å². The molecule has 0 spiro atoms. The normalized spacial score (nSPS) is 14.7. The van der Waals surface area contributed by atoms with Gasteiger partial charge in [0.2, 0.25) is 0 Å². The van der Waals surface area contributed by atoms with Crippen LogP contribution in [0.3, 0.4) is 0 Å². The molecule has 0 unspecified atom stereocenters. The Bertz CT molecular complexity index is 568. The Morgan fingerprint density at radius 1 is 1.26 bits per heavy atom. The van der Waals surface area contributed by atoms with E-state index < -0.39 is 5.97 Å². The van der Waals surface area contributed by atoms with Crippen LogP contribution >= 0.6 is 0 Å². The summed E-state index contributed by atoms with van der Waals surface area (Å²) in [6, 6.07) is 5.61. The number of Topliss-reactive ketones (excluding diaryl/α,β-unsaturated/α-hetero) is 1. The quantitative estimate of drug-likeness (QED) is 0.620. The Morgan fingerprint density at radius 2 is 1.95 bits per heavy atom. The maximum atomic E-state index is 12.9. The van der Waals surface area contributed by atoms with Gasteiger partial charge in [0.25, 0.3) is 0 Å². The highest BCUT2D eigenvalue weighted by Crippen LogP contribution is 2.25. The molecule has 1 aromatic rings. The Morgan fingerprint density at radius 3 is 2.58 bits per heavy atom. The van der Waals surface area contributed by atoms with Crippen LogP contribution in [0.4, 0.5) is 4.39 Å². The van der Waals surface area contributed by atoms with Gasteiger partial charge >= 0.3 is 5.97 Å². The van der Waals surface area contributed by atoms with Gasteiger partial charge in [0, 0.05) is 5.57 Å². The van der Waals surface area contributed by atoms with Crippen LogP contribution in [-0.4, -0.2) is 18.4 Å². The predicted molar refractivity (Wildman–Crippen MR) is 68.7 cm³/mol. The Hall–Kier alpha value is -2.23. The number of hydrogen-bond donors (Lipinski definition) is 0. The number of ketones is 1. The number of ether oxygens (including phenoxy) is 1. The first-order valence-electron chi connectivity index (χ1n) is 6.01. The van der Waals surface area contributed by atoms with E-state index in [4.69, 9.17) is 4.74 Å². The lowest BCUT2D eigenvalue weighted by molar-refractivity contribution is -0.139. The Labute approximate surface area is 110 Å². The number of carbonyl (C=O) groups excluding carboxylic acids is 2. The molecule has 0 aromatic heterocycles. The lowest BCUT2D eigenvalue weighted by atomic mass is 9.91. The second-order valence-corrected chi connectivity index (χ2v) is 4.03. The molecule has 0 heterocycles. The van der Waals surface area contributed by atoms with Gasteiger partial charge in [0.15, 0.2) is 5.78 Å². The molecule has 0 radical (unpaired) electrons. The summed E-state index contributed by atoms with van der Waals surface area (Å²) in [4.78, 5) is 23.8. The summed E-state index contributed by atoms with van der Waals surface area (Å²) >= 11 is 0. The summed E-state index contributed by atoms with van der Waals surface area (Å²) in [5.74, 6) is -1.36. The predicted octanol–water partition coefficient (Wildman–Crippen LogP) is 2.67. The fraction of sp³-hybridized carbons (Fsp3) is 0.200. The first kappa shape index (κ1) is 13.2. The van der Waals surface area contributed by atoms with Crippen molar-refractivity contribution >= 4 is 17.3 Å². The van der Waals surface area contributed by atoms with E-state index in [1.54, 1.807) is 19.1 Å². The number of rotatable bonds is 3. The number of halogens is 1. The molecule has 0 fully saturated rings. The molecule has 98 valence electrons. The van der Waals surface area contributed by atoms with Crippen molar-refractivity contribution in [1.29, 1.82) is 0 Å². The summed E-state index contributed by atoms with van der Waals surface area (Å²) < 4.78 is 17.7. The number of carbonyl (C=O) groups is 2. The van der Waals surface area contributed by atoms with Crippen LogP contribution in [0, 0.1) is 5.82 Å². The first-order chi connectivity index (χ1) is 9.13. The van der Waals surface area contributed by atoms with E-state index in [1.165, 1.54) is 24.3 Å². The van der Waals surface area contributed by atoms with E-state index in [2.05, 4.69) is 0 Å². The lowest BCUT2D eigenvalue weighted by Crippen LogP contribution is -2.19. The third-order valence-electron chi connectivity index (χ3n) is 2.78. The fourth-order valence-corrected chi connectivity index (χ4v) is 1.89. The second-order valence-electron chi connectivity index (χ2n) is 4.03. The number of hydrogen-bond acceptors (Lipinski definition) is 3. The van der Waals surface area contributed by atoms with Crippen LogP contribution < -0.4 is 0 Å². The van der Waals surface area contributed by atoms with Crippen LogP contribution in [0.2, 0.25) is 0 Å². The molecule has 0 saturated carbocycles. The van der Waals surface area contributed by atoms with Gasteiger partial charge in [-0.3, -0.25) is 4.79 Å². The molecular formula is C15H13FO3. The van der Waals surface area contributed by atoms with Gasteiger partial charge in [0.05, 0.1) is 6.61 Å². The van der Waals surface area contributed by atoms with Crippen molar-refractivity contribution in [3.8, 4) is 0 Å². The minimum Gasteiger partial charge on any atom is -0.462 e. The highest BCUT2D eigenvalue weighted by atomic mass is 19.1. The van der Waals surface area contributed by atoms with E-state index in [1.807, 2.05) is 0 Å². The van der Waals surface area contributed by atoms with Crippen molar-refractivity contribution in [2.75, 3.05) is 6.61 Å². The zero-order valence-electron chi connectivity index (χ0n) is 10.5. The monoisotopic (exact) mass is 260 g/mol. The van der Waals surface area contributed by atoms with Crippen molar-refractivity contribution < 1.29 is 18.7 Å². The summed E-state index contributed by atoms with van der Waals surface area (Å²) in [5, 5.41) is 0. The van der Waals surface area contributed by atoms with E-state index in [0.29, 0.717) is 17.6 Å². The van der Waals surface area contributed by atoms with Crippen molar-refractivity contribution in [3.63, 3.8) is 0 Å². The van der Waals surface area contributed by atoms with Gasteiger partial charge in [-0.25, -0.2) is 9.18 Å². The average molecular weight is 260 g/mol. The molecule has 0 bridgehead atoms. The van der Waals surface area contributed by atoms with Crippen LogP contribution in [-0.2, 0) is 14.3 Å². The second kappa shape index (κ2) is 5.61. The number of allylic oxidation sites excluding steroid dienone is 3.